The van der Waals surface area contributed by atoms with Crippen LogP contribution >= 0.6 is 11.6 Å². The van der Waals surface area contributed by atoms with E-state index in [0.29, 0.717) is 16.6 Å². The van der Waals surface area contributed by atoms with Gasteiger partial charge in [-0.1, -0.05) is 47.1 Å². The summed E-state index contributed by atoms with van der Waals surface area (Å²) in [4.78, 5) is 0. The van der Waals surface area contributed by atoms with Crippen LogP contribution in [0.4, 0.5) is 4.39 Å². The maximum atomic E-state index is 14.1. The number of aromatic hydroxyl groups is 1. The lowest BCUT2D eigenvalue weighted by atomic mass is 10.1. The maximum absolute atomic E-state index is 14.1. The summed E-state index contributed by atoms with van der Waals surface area (Å²) in [6.07, 6.45) is 1.27. The molecule has 0 spiro atoms. The summed E-state index contributed by atoms with van der Waals surface area (Å²) in [5.74, 6) is -0.528. The van der Waals surface area contributed by atoms with Crippen LogP contribution < -0.4 is 0 Å². The summed E-state index contributed by atoms with van der Waals surface area (Å²) in [5, 5.41) is 13.9. The lowest BCUT2D eigenvalue weighted by Crippen LogP contribution is -1.79. The minimum atomic E-state index is -0.426. The van der Waals surface area contributed by atoms with E-state index in [1.165, 1.54) is 12.1 Å². The van der Waals surface area contributed by atoms with Gasteiger partial charge < -0.3 is 9.63 Å². The van der Waals surface area contributed by atoms with E-state index in [-0.39, 0.29) is 16.4 Å². The molecule has 0 bridgehead atoms. The molecule has 0 radical (unpaired) electrons. The molecule has 1 aromatic heterocycles. The van der Waals surface area contributed by atoms with Crippen LogP contribution in [0.5, 0.6) is 5.75 Å². The predicted molar refractivity (Wildman–Crippen MR) is 76.1 cm³/mol. The fourth-order valence-electron chi connectivity index (χ4n) is 1.89. The van der Waals surface area contributed by atoms with E-state index in [2.05, 4.69) is 5.16 Å². The highest BCUT2D eigenvalue weighted by Crippen LogP contribution is 2.34. The van der Waals surface area contributed by atoms with Gasteiger partial charge in [-0.2, -0.15) is 0 Å². The molecular formula is C15H9ClFNO2. The molecule has 0 saturated carbocycles. The van der Waals surface area contributed by atoms with Gasteiger partial charge in [-0.25, -0.2) is 4.39 Å². The Morgan fingerprint density at radius 1 is 1.20 bits per heavy atom. The lowest BCUT2D eigenvalue weighted by molar-refractivity contribution is 0.448. The van der Waals surface area contributed by atoms with Gasteiger partial charge in [0.15, 0.2) is 5.58 Å². The van der Waals surface area contributed by atoms with E-state index in [4.69, 9.17) is 16.1 Å². The Bertz CT molecular complexity index is 796. The number of fused-ring (bicyclic) bond motifs is 1. The first-order chi connectivity index (χ1) is 9.66. The molecule has 0 aliphatic carbocycles. The second-order valence-corrected chi connectivity index (χ2v) is 4.58. The van der Waals surface area contributed by atoms with E-state index in [1.54, 1.807) is 30.3 Å². The highest BCUT2D eigenvalue weighted by molar-refractivity contribution is 6.36. The van der Waals surface area contributed by atoms with Crippen LogP contribution in [0, 0.1) is 0 Å². The van der Waals surface area contributed by atoms with Gasteiger partial charge >= 0.3 is 0 Å². The van der Waals surface area contributed by atoms with Crippen molar-refractivity contribution in [2.24, 2.45) is 0 Å². The molecule has 0 saturated heterocycles. The molecular weight excluding hydrogens is 281 g/mol. The second kappa shape index (κ2) is 4.98. The second-order valence-electron chi connectivity index (χ2n) is 4.20. The molecule has 20 heavy (non-hydrogen) atoms. The van der Waals surface area contributed by atoms with Gasteiger partial charge in [-0.15, -0.1) is 0 Å². The van der Waals surface area contributed by atoms with Gasteiger partial charge in [0.2, 0.25) is 0 Å². The quantitative estimate of drug-likeness (QED) is 0.746. The molecule has 0 unspecified atom stereocenters. The molecule has 1 heterocycles. The molecule has 3 aromatic rings. The first kappa shape index (κ1) is 12.7. The third-order valence-electron chi connectivity index (χ3n) is 2.90. The highest BCUT2D eigenvalue weighted by atomic mass is 35.5. The number of rotatable bonds is 2. The van der Waals surface area contributed by atoms with Crippen LogP contribution in [-0.2, 0) is 0 Å². The van der Waals surface area contributed by atoms with E-state index < -0.39 is 5.83 Å². The molecule has 0 aliphatic rings. The van der Waals surface area contributed by atoms with Gasteiger partial charge in [0.1, 0.15) is 22.3 Å². The van der Waals surface area contributed by atoms with Crippen molar-refractivity contribution < 1.29 is 14.0 Å². The zero-order valence-corrected chi connectivity index (χ0v) is 10.9. The number of halogens is 2. The molecule has 1 N–H and O–H groups in total. The summed E-state index contributed by atoms with van der Waals surface area (Å²) in [6, 6.07) is 11.6. The topological polar surface area (TPSA) is 46.3 Å². The molecule has 100 valence electrons. The summed E-state index contributed by atoms with van der Waals surface area (Å²) in [6.45, 7) is 0. The average Bonchev–Trinajstić information content (AvgIpc) is 2.87. The van der Waals surface area contributed by atoms with Crippen LogP contribution in [0.2, 0.25) is 5.02 Å². The Kier molecular flexibility index (Phi) is 3.16. The number of aromatic nitrogens is 1. The van der Waals surface area contributed by atoms with Crippen molar-refractivity contribution >= 4 is 34.5 Å². The SMILES string of the molecule is Oc1ccc2c(C=C(F)c3ccccc3)noc2c1Cl. The summed E-state index contributed by atoms with van der Waals surface area (Å²) < 4.78 is 19.1. The molecule has 3 nitrogen and oxygen atoms in total. The standard InChI is InChI=1S/C15H9ClFNO2/c16-14-13(19)7-6-10-12(18-20-15(10)14)8-11(17)9-4-2-1-3-5-9/h1-8,19H. The fourth-order valence-corrected chi connectivity index (χ4v) is 2.08. The largest absolute Gasteiger partial charge is 0.506 e. The first-order valence-electron chi connectivity index (χ1n) is 5.86. The number of hydrogen-bond acceptors (Lipinski definition) is 3. The zero-order chi connectivity index (χ0) is 14.1. The number of nitrogens with zero attached hydrogens (tertiary/aromatic N) is 1. The van der Waals surface area contributed by atoms with E-state index >= 15 is 0 Å². The van der Waals surface area contributed by atoms with E-state index in [9.17, 15) is 9.50 Å². The van der Waals surface area contributed by atoms with Crippen LogP contribution in [0.15, 0.2) is 47.0 Å². The molecule has 0 atom stereocenters. The molecule has 5 heteroatoms. The molecule has 0 fully saturated rings. The summed E-state index contributed by atoms with van der Waals surface area (Å²) in [5.41, 5.74) is 1.01. The summed E-state index contributed by atoms with van der Waals surface area (Å²) in [7, 11) is 0. The molecule has 0 aliphatic heterocycles. The maximum Gasteiger partial charge on any atom is 0.189 e. The zero-order valence-electron chi connectivity index (χ0n) is 10.2. The Labute approximate surface area is 118 Å². The third-order valence-corrected chi connectivity index (χ3v) is 3.27. The van der Waals surface area contributed by atoms with E-state index in [1.807, 2.05) is 6.07 Å². The average molecular weight is 290 g/mol. The van der Waals surface area contributed by atoms with Crippen molar-refractivity contribution in [3.05, 3.63) is 58.7 Å². The Morgan fingerprint density at radius 3 is 2.70 bits per heavy atom. The normalized spacial score (nSPS) is 12.0. The highest BCUT2D eigenvalue weighted by Gasteiger charge is 2.13. The molecule has 2 aromatic carbocycles. The van der Waals surface area contributed by atoms with Gasteiger partial charge in [-0.05, 0) is 12.1 Å². The minimum absolute atomic E-state index is 0.0646. The van der Waals surface area contributed by atoms with Crippen molar-refractivity contribution in [1.29, 1.82) is 0 Å². The van der Waals surface area contributed by atoms with Gasteiger partial charge in [0.05, 0.1) is 5.39 Å². The fraction of sp³-hybridized carbons (Fsp3) is 0. The summed E-state index contributed by atoms with van der Waals surface area (Å²) >= 11 is 5.89. The van der Waals surface area contributed by atoms with Crippen molar-refractivity contribution in [2.45, 2.75) is 0 Å². The van der Waals surface area contributed by atoms with Crippen molar-refractivity contribution in [3.8, 4) is 5.75 Å². The minimum Gasteiger partial charge on any atom is -0.506 e. The first-order valence-corrected chi connectivity index (χ1v) is 6.24. The van der Waals surface area contributed by atoms with Crippen LogP contribution in [0.25, 0.3) is 22.9 Å². The number of phenolic OH excluding ortho intramolecular Hbond substituents is 1. The Balaban J connectivity index is 2.10. The van der Waals surface area contributed by atoms with Crippen LogP contribution in [0.3, 0.4) is 0 Å². The number of phenols is 1. The number of benzene rings is 2. The van der Waals surface area contributed by atoms with Crippen molar-refractivity contribution in [3.63, 3.8) is 0 Å². The van der Waals surface area contributed by atoms with Crippen LogP contribution in [0.1, 0.15) is 11.3 Å². The van der Waals surface area contributed by atoms with Gasteiger partial charge in [0.25, 0.3) is 0 Å². The smallest absolute Gasteiger partial charge is 0.189 e. The van der Waals surface area contributed by atoms with Crippen molar-refractivity contribution in [2.75, 3.05) is 0 Å². The van der Waals surface area contributed by atoms with E-state index in [0.717, 1.165) is 0 Å². The monoisotopic (exact) mass is 289 g/mol. The Morgan fingerprint density at radius 2 is 1.95 bits per heavy atom. The van der Waals surface area contributed by atoms with Gasteiger partial charge in [-0.3, -0.25) is 0 Å². The van der Waals surface area contributed by atoms with Gasteiger partial charge in [0, 0.05) is 11.6 Å². The Hall–Kier alpha value is -2.33. The third kappa shape index (κ3) is 2.14. The number of hydrogen-bond donors (Lipinski definition) is 1. The molecule has 0 amide bonds. The molecule has 3 rings (SSSR count). The lowest BCUT2D eigenvalue weighted by Gasteiger charge is -1.97. The predicted octanol–water partition coefficient (Wildman–Crippen LogP) is 4.65. The van der Waals surface area contributed by atoms with Crippen molar-refractivity contribution in [1.82, 2.24) is 5.16 Å². The van der Waals surface area contributed by atoms with Crippen LogP contribution in [-0.4, -0.2) is 10.3 Å².